The largest absolute Gasteiger partial charge is 0.0622 e. The standard InChI is InChI=1S/C29H24/c1-18(2)26-17-20-16-15-19-9-3-4-10-21(19)27(20)29(26)28-24-13-7-5-11-22(24)23-12-6-8-14-25(23)28/h3-16,18,26H,17H2,1-2H3. The van der Waals surface area contributed by atoms with Crippen LogP contribution in [0.25, 0.3) is 33.0 Å². The Hall–Kier alpha value is -3.12. The predicted octanol–water partition coefficient (Wildman–Crippen LogP) is 7.61. The number of fused-ring (bicyclic) bond motifs is 6. The highest BCUT2D eigenvalue weighted by Crippen LogP contribution is 2.54. The zero-order valence-electron chi connectivity index (χ0n) is 16.9. The first-order chi connectivity index (χ1) is 14.2. The molecule has 1 unspecified atom stereocenters. The highest BCUT2D eigenvalue weighted by atomic mass is 14.4. The molecule has 0 heteroatoms. The van der Waals surface area contributed by atoms with Crippen molar-refractivity contribution in [2.75, 3.05) is 0 Å². The van der Waals surface area contributed by atoms with Crippen LogP contribution in [0, 0.1) is 11.8 Å². The van der Waals surface area contributed by atoms with E-state index in [2.05, 4.69) is 98.8 Å². The van der Waals surface area contributed by atoms with Crippen molar-refractivity contribution in [3.63, 3.8) is 0 Å². The van der Waals surface area contributed by atoms with Crippen molar-refractivity contribution < 1.29 is 0 Å². The van der Waals surface area contributed by atoms with E-state index in [1.807, 2.05) is 0 Å². The van der Waals surface area contributed by atoms with E-state index in [0.717, 1.165) is 6.42 Å². The average molecular weight is 373 g/mol. The lowest BCUT2D eigenvalue weighted by Crippen LogP contribution is -2.09. The van der Waals surface area contributed by atoms with Crippen LogP contribution in [0.15, 0.2) is 84.9 Å². The maximum atomic E-state index is 2.38. The summed E-state index contributed by atoms with van der Waals surface area (Å²) in [5, 5.41) is 2.74. The Morgan fingerprint density at radius 3 is 1.90 bits per heavy atom. The Balaban J connectivity index is 1.78. The zero-order valence-corrected chi connectivity index (χ0v) is 16.9. The molecule has 2 aliphatic carbocycles. The molecule has 4 aromatic rings. The molecule has 0 spiro atoms. The van der Waals surface area contributed by atoms with Gasteiger partial charge in [0.05, 0.1) is 0 Å². The molecule has 0 nitrogen and oxygen atoms in total. The van der Waals surface area contributed by atoms with Gasteiger partial charge in [-0.25, -0.2) is 0 Å². The molecule has 29 heavy (non-hydrogen) atoms. The van der Waals surface area contributed by atoms with E-state index in [-0.39, 0.29) is 0 Å². The van der Waals surface area contributed by atoms with Crippen LogP contribution < -0.4 is 0 Å². The molecule has 0 aromatic heterocycles. The van der Waals surface area contributed by atoms with Gasteiger partial charge in [-0.2, -0.15) is 0 Å². The minimum atomic E-state index is 0.546. The third-order valence-electron chi connectivity index (χ3n) is 6.85. The van der Waals surface area contributed by atoms with Crippen LogP contribution in [0.2, 0.25) is 0 Å². The number of allylic oxidation sites excluding steroid dienone is 1. The Labute approximate surface area is 172 Å². The third-order valence-corrected chi connectivity index (χ3v) is 6.85. The molecule has 0 bridgehead atoms. The van der Waals surface area contributed by atoms with Crippen LogP contribution in [0.5, 0.6) is 0 Å². The number of benzene rings is 4. The fourth-order valence-corrected chi connectivity index (χ4v) is 5.52. The molecule has 0 N–H and O–H groups in total. The van der Waals surface area contributed by atoms with E-state index < -0.39 is 0 Å². The van der Waals surface area contributed by atoms with Gasteiger partial charge in [-0.1, -0.05) is 98.8 Å². The van der Waals surface area contributed by atoms with Crippen molar-refractivity contribution in [3.8, 4) is 11.1 Å². The van der Waals surface area contributed by atoms with E-state index in [0.29, 0.717) is 11.8 Å². The predicted molar refractivity (Wildman–Crippen MR) is 124 cm³/mol. The number of hydrogen-bond donors (Lipinski definition) is 0. The maximum Gasteiger partial charge on any atom is -0.00575 e. The second-order valence-corrected chi connectivity index (χ2v) is 8.76. The SMILES string of the molecule is CC(C)C1Cc2ccc3ccccc3c2C1=C1c2ccccc2-c2ccccc21. The van der Waals surface area contributed by atoms with E-state index >= 15 is 0 Å². The molecular weight excluding hydrogens is 348 g/mol. The van der Waals surface area contributed by atoms with Crippen LogP contribution in [0.4, 0.5) is 0 Å². The van der Waals surface area contributed by atoms with Crippen LogP contribution in [-0.2, 0) is 6.42 Å². The summed E-state index contributed by atoms with van der Waals surface area (Å²) in [5.41, 5.74) is 11.6. The van der Waals surface area contributed by atoms with E-state index in [9.17, 15) is 0 Å². The van der Waals surface area contributed by atoms with Crippen molar-refractivity contribution in [2.24, 2.45) is 11.8 Å². The summed E-state index contributed by atoms with van der Waals surface area (Å²) in [6, 6.07) is 31.5. The van der Waals surface area contributed by atoms with Crippen molar-refractivity contribution in [3.05, 3.63) is 107 Å². The van der Waals surface area contributed by atoms with Gasteiger partial charge in [0.2, 0.25) is 0 Å². The average Bonchev–Trinajstić information content (AvgIpc) is 3.30. The minimum absolute atomic E-state index is 0.546. The molecule has 0 amide bonds. The van der Waals surface area contributed by atoms with Gasteiger partial charge in [-0.3, -0.25) is 0 Å². The van der Waals surface area contributed by atoms with Gasteiger partial charge in [-0.15, -0.1) is 0 Å². The van der Waals surface area contributed by atoms with Gasteiger partial charge in [0.15, 0.2) is 0 Å². The summed E-state index contributed by atoms with van der Waals surface area (Å²) in [6.45, 7) is 4.76. The summed E-state index contributed by atoms with van der Waals surface area (Å²) < 4.78 is 0. The summed E-state index contributed by atoms with van der Waals surface area (Å²) >= 11 is 0. The molecule has 1 atom stereocenters. The highest BCUT2D eigenvalue weighted by Gasteiger charge is 2.36. The molecule has 2 aliphatic rings. The van der Waals surface area contributed by atoms with Crippen molar-refractivity contribution in [2.45, 2.75) is 20.3 Å². The third kappa shape index (κ3) is 2.32. The van der Waals surface area contributed by atoms with E-state index in [1.54, 1.807) is 5.57 Å². The maximum absolute atomic E-state index is 2.38. The van der Waals surface area contributed by atoms with Crippen LogP contribution >= 0.6 is 0 Å². The highest BCUT2D eigenvalue weighted by molar-refractivity contribution is 6.14. The smallest absolute Gasteiger partial charge is 0.00575 e. The number of hydrogen-bond acceptors (Lipinski definition) is 0. The second kappa shape index (κ2) is 6.19. The quantitative estimate of drug-likeness (QED) is 0.284. The fraction of sp³-hybridized carbons (Fsp3) is 0.172. The molecule has 4 aromatic carbocycles. The molecule has 0 aliphatic heterocycles. The Kier molecular flexibility index (Phi) is 3.59. The van der Waals surface area contributed by atoms with Gasteiger partial charge in [0, 0.05) is 0 Å². The molecule has 6 rings (SSSR count). The first-order valence-electron chi connectivity index (χ1n) is 10.7. The van der Waals surface area contributed by atoms with Gasteiger partial charge in [-0.05, 0) is 73.6 Å². The minimum Gasteiger partial charge on any atom is -0.0622 e. The summed E-state index contributed by atoms with van der Waals surface area (Å²) in [5.74, 6) is 1.15. The van der Waals surface area contributed by atoms with Crippen molar-refractivity contribution in [1.29, 1.82) is 0 Å². The fourth-order valence-electron chi connectivity index (χ4n) is 5.52. The van der Waals surface area contributed by atoms with Gasteiger partial charge >= 0.3 is 0 Å². The van der Waals surface area contributed by atoms with E-state index in [1.165, 1.54) is 49.7 Å². The molecular formula is C29H24. The van der Waals surface area contributed by atoms with E-state index in [4.69, 9.17) is 0 Å². The molecule has 0 radical (unpaired) electrons. The van der Waals surface area contributed by atoms with Gasteiger partial charge < -0.3 is 0 Å². The summed E-state index contributed by atoms with van der Waals surface area (Å²) in [7, 11) is 0. The van der Waals surface area contributed by atoms with Crippen molar-refractivity contribution in [1.82, 2.24) is 0 Å². The molecule has 0 saturated heterocycles. The molecule has 0 saturated carbocycles. The molecule has 140 valence electrons. The zero-order chi connectivity index (χ0) is 19.5. The first kappa shape index (κ1) is 16.8. The molecule has 0 heterocycles. The summed E-state index contributed by atoms with van der Waals surface area (Å²) in [6.07, 6.45) is 1.14. The Morgan fingerprint density at radius 2 is 1.24 bits per heavy atom. The lowest BCUT2D eigenvalue weighted by Gasteiger charge is -2.21. The monoisotopic (exact) mass is 372 g/mol. The lowest BCUT2D eigenvalue weighted by molar-refractivity contribution is 0.491. The van der Waals surface area contributed by atoms with Crippen LogP contribution in [0.1, 0.15) is 36.1 Å². The van der Waals surface area contributed by atoms with Gasteiger partial charge in [0.1, 0.15) is 0 Å². The Morgan fingerprint density at radius 1 is 0.655 bits per heavy atom. The Bertz CT molecular complexity index is 1260. The van der Waals surface area contributed by atoms with Crippen LogP contribution in [0.3, 0.4) is 0 Å². The number of rotatable bonds is 1. The normalized spacial score (nSPS) is 17.0. The second-order valence-electron chi connectivity index (χ2n) is 8.76. The van der Waals surface area contributed by atoms with Crippen LogP contribution in [-0.4, -0.2) is 0 Å². The lowest BCUT2D eigenvalue weighted by atomic mass is 9.82. The van der Waals surface area contributed by atoms with Gasteiger partial charge in [0.25, 0.3) is 0 Å². The summed E-state index contributed by atoms with van der Waals surface area (Å²) in [4.78, 5) is 0. The first-order valence-corrected chi connectivity index (χ1v) is 10.7. The van der Waals surface area contributed by atoms with Crippen molar-refractivity contribution >= 4 is 21.9 Å². The topological polar surface area (TPSA) is 0 Å². The molecule has 0 fully saturated rings.